The van der Waals surface area contributed by atoms with Crippen LogP contribution in [0.25, 0.3) is 0 Å². The molecular weight excluding hydrogens is 406 g/mol. The van der Waals surface area contributed by atoms with Crippen LogP contribution in [0.4, 0.5) is 0 Å². The summed E-state index contributed by atoms with van der Waals surface area (Å²) in [5.41, 5.74) is 0. The van der Waals surface area contributed by atoms with Crippen LogP contribution in [0.3, 0.4) is 0 Å². The van der Waals surface area contributed by atoms with Crippen LogP contribution in [0.1, 0.15) is 39.0 Å². The van der Waals surface area contributed by atoms with Crippen molar-refractivity contribution in [2.45, 2.75) is 49.3 Å². The SMILES string of the molecule is CC(CC(=O)N1CCC(NS(=O)(=O)c2cccs2)CC1)C1CCCNC1.Cl. The number of nitrogens with one attached hydrogen (secondary N) is 2. The van der Waals surface area contributed by atoms with Crippen molar-refractivity contribution in [3.8, 4) is 0 Å². The van der Waals surface area contributed by atoms with E-state index in [9.17, 15) is 13.2 Å². The summed E-state index contributed by atoms with van der Waals surface area (Å²) in [6, 6.07) is 3.27. The van der Waals surface area contributed by atoms with E-state index in [-0.39, 0.29) is 24.4 Å². The minimum Gasteiger partial charge on any atom is -0.343 e. The van der Waals surface area contributed by atoms with Crippen LogP contribution < -0.4 is 10.0 Å². The molecule has 27 heavy (non-hydrogen) atoms. The van der Waals surface area contributed by atoms with Gasteiger partial charge < -0.3 is 10.2 Å². The molecule has 0 spiro atoms. The maximum atomic E-state index is 12.6. The number of carbonyl (C=O) groups excluding carboxylic acids is 1. The van der Waals surface area contributed by atoms with Gasteiger partial charge in [-0.25, -0.2) is 13.1 Å². The number of sulfonamides is 1. The maximum Gasteiger partial charge on any atom is 0.250 e. The number of halogens is 1. The Kier molecular flexibility index (Phi) is 8.55. The molecule has 2 fully saturated rings. The summed E-state index contributed by atoms with van der Waals surface area (Å²) < 4.78 is 27.8. The van der Waals surface area contributed by atoms with Gasteiger partial charge in [0.15, 0.2) is 0 Å². The first kappa shape index (κ1) is 22.6. The largest absolute Gasteiger partial charge is 0.343 e. The average molecular weight is 436 g/mol. The molecular formula is C18H30ClN3O3S2. The van der Waals surface area contributed by atoms with Crippen LogP contribution in [-0.2, 0) is 14.8 Å². The smallest absolute Gasteiger partial charge is 0.250 e. The van der Waals surface area contributed by atoms with Crippen molar-refractivity contribution in [1.29, 1.82) is 0 Å². The van der Waals surface area contributed by atoms with Gasteiger partial charge in [0.1, 0.15) is 4.21 Å². The summed E-state index contributed by atoms with van der Waals surface area (Å²) in [6.07, 6.45) is 4.34. The van der Waals surface area contributed by atoms with Crippen molar-refractivity contribution < 1.29 is 13.2 Å². The fourth-order valence-corrected chi connectivity index (χ4v) is 6.19. The van der Waals surface area contributed by atoms with Gasteiger partial charge in [0.25, 0.3) is 0 Å². The third-order valence-corrected chi connectivity index (χ3v) is 8.48. The summed E-state index contributed by atoms with van der Waals surface area (Å²) >= 11 is 1.22. The molecule has 0 radical (unpaired) electrons. The molecule has 0 saturated carbocycles. The number of hydrogen-bond acceptors (Lipinski definition) is 5. The van der Waals surface area contributed by atoms with Crippen LogP contribution in [0.2, 0.25) is 0 Å². The molecule has 2 saturated heterocycles. The molecule has 2 N–H and O–H groups in total. The van der Waals surface area contributed by atoms with Crippen molar-refractivity contribution in [2.24, 2.45) is 11.8 Å². The van der Waals surface area contributed by atoms with Crippen molar-refractivity contribution in [2.75, 3.05) is 26.2 Å². The van der Waals surface area contributed by atoms with E-state index in [0.717, 1.165) is 13.1 Å². The first-order chi connectivity index (χ1) is 12.5. The minimum absolute atomic E-state index is 0. The number of amides is 1. The van der Waals surface area contributed by atoms with Gasteiger partial charge in [-0.15, -0.1) is 23.7 Å². The highest BCUT2D eigenvalue weighted by Gasteiger charge is 2.29. The third-order valence-electron chi connectivity index (χ3n) is 5.57. The highest BCUT2D eigenvalue weighted by atomic mass is 35.5. The molecule has 154 valence electrons. The first-order valence-electron chi connectivity index (χ1n) is 9.50. The van der Waals surface area contributed by atoms with Gasteiger partial charge in [-0.2, -0.15) is 0 Å². The molecule has 9 heteroatoms. The molecule has 3 heterocycles. The average Bonchev–Trinajstić information content (AvgIpc) is 3.18. The molecule has 0 bridgehead atoms. The van der Waals surface area contributed by atoms with E-state index in [4.69, 9.17) is 0 Å². The van der Waals surface area contributed by atoms with E-state index < -0.39 is 10.0 Å². The molecule has 2 aliphatic heterocycles. The predicted octanol–water partition coefficient (Wildman–Crippen LogP) is 2.47. The first-order valence-corrected chi connectivity index (χ1v) is 11.9. The standard InChI is InChI=1S/C18H29N3O3S2.ClH/c1-14(15-4-2-8-19-13-15)12-17(22)21-9-6-16(7-10-21)20-26(23,24)18-5-3-11-25-18;/h3,5,11,14-16,19-20H,2,4,6-10,12-13H2,1H3;1H. The Bertz CT molecular complexity index is 683. The van der Waals surface area contributed by atoms with Crippen LogP contribution in [0.15, 0.2) is 21.7 Å². The highest BCUT2D eigenvalue weighted by Crippen LogP contribution is 2.24. The highest BCUT2D eigenvalue weighted by molar-refractivity contribution is 7.91. The van der Waals surface area contributed by atoms with Crippen LogP contribution in [0.5, 0.6) is 0 Å². The Balaban J connectivity index is 0.00000261. The maximum absolute atomic E-state index is 12.6. The molecule has 1 amide bonds. The predicted molar refractivity (Wildman–Crippen MR) is 111 cm³/mol. The molecule has 0 aliphatic carbocycles. The van der Waals surface area contributed by atoms with Crippen molar-refractivity contribution in [1.82, 2.24) is 14.9 Å². The van der Waals surface area contributed by atoms with Gasteiger partial charge in [0.2, 0.25) is 15.9 Å². The molecule has 2 aliphatic rings. The third kappa shape index (κ3) is 6.15. The fourth-order valence-electron chi connectivity index (χ4n) is 3.88. The summed E-state index contributed by atoms with van der Waals surface area (Å²) in [4.78, 5) is 14.5. The Morgan fingerprint density at radius 3 is 2.70 bits per heavy atom. The number of piperidine rings is 2. The molecule has 6 nitrogen and oxygen atoms in total. The molecule has 2 unspecified atom stereocenters. The number of carbonyl (C=O) groups is 1. The van der Waals surface area contributed by atoms with Crippen LogP contribution in [0, 0.1) is 11.8 Å². The van der Waals surface area contributed by atoms with Crippen LogP contribution >= 0.6 is 23.7 Å². The van der Waals surface area contributed by atoms with Crippen molar-refractivity contribution in [3.63, 3.8) is 0 Å². The molecule has 2 atom stereocenters. The zero-order valence-electron chi connectivity index (χ0n) is 15.7. The van der Waals surface area contributed by atoms with Crippen molar-refractivity contribution >= 4 is 39.7 Å². The van der Waals surface area contributed by atoms with Gasteiger partial charge in [-0.05, 0) is 62.1 Å². The van der Waals surface area contributed by atoms with Crippen molar-refractivity contribution in [3.05, 3.63) is 17.5 Å². The molecule has 0 aromatic carbocycles. The second-order valence-corrected chi connectivity index (χ2v) is 10.4. The zero-order chi connectivity index (χ0) is 18.6. The number of likely N-dealkylation sites (tertiary alicyclic amines) is 1. The van der Waals surface area contributed by atoms with Gasteiger partial charge in [0, 0.05) is 25.6 Å². The lowest BCUT2D eigenvalue weighted by atomic mass is 9.85. The van der Waals surface area contributed by atoms with E-state index in [1.165, 1.54) is 24.2 Å². The van der Waals surface area contributed by atoms with E-state index >= 15 is 0 Å². The number of hydrogen-bond donors (Lipinski definition) is 2. The van der Waals surface area contributed by atoms with E-state index in [1.54, 1.807) is 17.5 Å². The number of nitrogens with zero attached hydrogens (tertiary/aromatic N) is 1. The lowest BCUT2D eigenvalue weighted by molar-refractivity contribution is -0.133. The van der Waals surface area contributed by atoms with Gasteiger partial charge in [-0.1, -0.05) is 13.0 Å². The summed E-state index contributed by atoms with van der Waals surface area (Å²) in [7, 11) is -3.43. The van der Waals surface area contributed by atoms with Gasteiger partial charge in [-0.3, -0.25) is 4.79 Å². The van der Waals surface area contributed by atoms with E-state index in [2.05, 4.69) is 17.0 Å². The fraction of sp³-hybridized carbons (Fsp3) is 0.722. The number of rotatable bonds is 6. The minimum atomic E-state index is -3.43. The van der Waals surface area contributed by atoms with Gasteiger partial charge in [0.05, 0.1) is 0 Å². The topological polar surface area (TPSA) is 78.5 Å². The number of thiophene rings is 1. The Labute approximate surface area is 172 Å². The Hall–Kier alpha value is -0.670. The molecule has 1 aromatic rings. The second-order valence-electron chi connectivity index (χ2n) is 7.50. The summed E-state index contributed by atoms with van der Waals surface area (Å²) in [6.45, 7) is 5.54. The molecule has 3 rings (SSSR count). The monoisotopic (exact) mass is 435 g/mol. The summed E-state index contributed by atoms with van der Waals surface area (Å²) in [5, 5.41) is 5.18. The molecule has 1 aromatic heterocycles. The lowest BCUT2D eigenvalue weighted by Gasteiger charge is -2.34. The second kappa shape index (κ2) is 10.2. The lowest BCUT2D eigenvalue weighted by Crippen LogP contribution is -2.47. The Morgan fingerprint density at radius 1 is 1.37 bits per heavy atom. The summed E-state index contributed by atoms with van der Waals surface area (Å²) in [5.74, 6) is 1.19. The zero-order valence-corrected chi connectivity index (χ0v) is 18.2. The van der Waals surface area contributed by atoms with Crippen LogP contribution in [-0.4, -0.2) is 51.4 Å². The Morgan fingerprint density at radius 2 is 2.11 bits per heavy atom. The quantitative estimate of drug-likeness (QED) is 0.719. The van der Waals surface area contributed by atoms with E-state index in [0.29, 0.717) is 48.4 Å². The van der Waals surface area contributed by atoms with E-state index in [1.807, 2.05) is 4.90 Å². The normalized spacial score (nSPS) is 22.9. The van der Waals surface area contributed by atoms with Gasteiger partial charge >= 0.3 is 0 Å².